The summed E-state index contributed by atoms with van der Waals surface area (Å²) in [5.74, 6) is -0.474. The highest BCUT2D eigenvalue weighted by atomic mass is 127. The van der Waals surface area contributed by atoms with E-state index in [-0.39, 0.29) is 48.6 Å². The molecule has 0 amide bonds. The molecule has 0 saturated carbocycles. The topological polar surface area (TPSA) is 73.8 Å². The highest BCUT2D eigenvalue weighted by Crippen LogP contribution is 2.19. The van der Waals surface area contributed by atoms with Crippen molar-refractivity contribution in [3.05, 3.63) is 64.7 Å². The Kier molecular flexibility index (Phi) is 10.6. The summed E-state index contributed by atoms with van der Waals surface area (Å²) in [7, 11) is 0.287. The monoisotopic (exact) mass is 566 g/mol. The summed E-state index contributed by atoms with van der Waals surface area (Å²) in [5.41, 5.74) is 2.27. The minimum atomic E-state index is -3.26. The Morgan fingerprint density at radius 1 is 1.06 bits per heavy atom. The van der Waals surface area contributed by atoms with E-state index in [9.17, 15) is 17.2 Å². The number of rotatable bonds is 8. The van der Waals surface area contributed by atoms with Crippen LogP contribution >= 0.6 is 24.0 Å². The van der Waals surface area contributed by atoms with Gasteiger partial charge in [0.1, 0.15) is 11.6 Å². The van der Waals surface area contributed by atoms with Crippen molar-refractivity contribution in [3.8, 4) is 0 Å². The summed E-state index contributed by atoms with van der Waals surface area (Å²) in [5, 5.41) is 6.15. The van der Waals surface area contributed by atoms with Gasteiger partial charge in [-0.2, -0.15) is 0 Å². The number of nitrogens with zero attached hydrogens (tertiary/aromatic N) is 2. The molecule has 0 spiro atoms. The summed E-state index contributed by atoms with van der Waals surface area (Å²) in [6.45, 7) is 2.95. The Hall–Kier alpha value is -1.95. The molecule has 0 heterocycles. The summed E-state index contributed by atoms with van der Waals surface area (Å²) in [4.78, 5) is 6.14. The molecule has 0 aromatic heterocycles. The average Bonchev–Trinajstić information content (AvgIpc) is 2.64. The summed E-state index contributed by atoms with van der Waals surface area (Å²) in [6.07, 6.45) is 1.14. The molecule has 0 fully saturated rings. The van der Waals surface area contributed by atoms with E-state index < -0.39 is 15.7 Å². The van der Waals surface area contributed by atoms with Crippen LogP contribution in [-0.4, -0.2) is 41.3 Å². The van der Waals surface area contributed by atoms with Gasteiger partial charge in [0.15, 0.2) is 15.8 Å². The zero-order chi connectivity index (χ0) is 22.3. The molecule has 0 atom stereocenters. The van der Waals surface area contributed by atoms with Gasteiger partial charge in [-0.25, -0.2) is 22.2 Å². The number of sulfone groups is 1. The predicted octanol–water partition coefficient (Wildman–Crippen LogP) is 3.45. The number of aliphatic imine (C=N–C) groups is 1. The second-order valence-corrected chi connectivity index (χ2v) is 9.35. The first-order chi connectivity index (χ1) is 14.1. The minimum absolute atomic E-state index is 0. The van der Waals surface area contributed by atoms with E-state index in [0.29, 0.717) is 34.9 Å². The first-order valence-electron chi connectivity index (χ1n) is 9.52. The molecule has 0 saturated heterocycles. The Labute approximate surface area is 200 Å². The Balaban J connectivity index is 0.00000480. The van der Waals surface area contributed by atoms with Gasteiger partial charge in [-0.1, -0.05) is 12.1 Å². The summed E-state index contributed by atoms with van der Waals surface area (Å²) >= 11 is 0. The third-order valence-corrected chi connectivity index (χ3v) is 5.13. The van der Waals surface area contributed by atoms with E-state index in [2.05, 4.69) is 15.6 Å². The van der Waals surface area contributed by atoms with E-state index >= 15 is 0 Å². The lowest BCUT2D eigenvalue weighted by atomic mass is 10.1. The molecule has 0 aliphatic carbocycles. The van der Waals surface area contributed by atoms with E-state index in [1.165, 1.54) is 24.3 Å². The quantitative estimate of drug-likeness (QED) is 0.291. The second kappa shape index (κ2) is 12.2. The van der Waals surface area contributed by atoms with Crippen molar-refractivity contribution in [2.45, 2.75) is 25.8 Å². The molecule has 0 aliphatic rings. The van der Waals surface area contributed by atoms with E-state index in [1.54, 1.807) is 25.1 Å². The number of benzene rings is 2. The molecule has 0 unspecified atom stereocenters. The maximum atomic E-state index is 14.2. The third kappa shape index (κ3) is 8.98. The maximum Gasteiger partial charge on any atom is 0.191 e. The van der Waals surface area contributed by atoms with Crippen LogP contribution in [0.3, 0.4) is 0 Å². The molecule has 0 radical (unpaired) electrons. The zero-order valence-electron chi connectivity index (χ0n) is 18.1. The van der Waals surface area contributed by atoms with Crippen LogP contribution in [0.15, 0.2) is 41.4 Å². The molecule has 10 heteroatoms. The number of guanidine groups is 1. The molecular weight excluding hydrogens is 537 g/mol. The number of hydrogen-bond acceptors (Lipinski definition) is 4. The Bertz CT molecular complexity index is 1010. The van der Waals surface area contributed by atoms with Gasteiger partial charge in [-0.3, -0.25) is 0 Å². The summed E-state index contributed by atoms with van der Waals surface area (Å²) < 4.78 is 51.1. The van der Waals surface area contributed by atoms with Crippen LogP contribution in [0.1, 0.15) is 23.6 Å². The molecule has 2 rings (SSSR count). The maximum absolute atomic E-state index is 14.2. The van der Waals surface area contributed by atoms with Crippen molar-refractivity contribution in [3.63, 3.8) is 0 Å². The summed E-state index contributed by atoms with van der Waals surface area (Å²) in [6, 6.07) is 8.99. The lowest BCUT2D eigenvalue weighted by Crippen LogP contribution is -2.37. The van der Waals surface area contributed by atoms with Gasteiger partial charge in [0.2, 0.25) is 0 Å². The van der Waals surface area contributed by atoms with Crippen LogP contribution in [0, 0.1) is 11.6 Å². The van der Waals surface area contributed by atoms with Crippen molar-refractivity contribution in [2.75, 3.05) is 31.8 Å². The van der Waals surface area contributed by atoms with Gasteiger partial charge in [0.25, 0.3) is 0 Å². The molecule has 2 aromatic rings. The normalized spacial score (nSPS) is 11.6. The van der Waals surface area contributed by atoms with Crippen molar-refractivity contribution >= 4 is 45.5 Å². The van der Waals surface area contributed by atoms with Gasteiger partial charge in [-0.05, 0) is 47.9 Å². The van der Waals surface area contributed by atoms with Crippen LogP contribution in [0.2, 0.25) is 0 Å². The first-order valence-corrected chi connectivity index (χ1v) is 11.6. The fraction of sp³-hybridized carbons (Fsp3) is 0.381. The first kappa shape index (κ1) is 27.1. The van der Waals surface area contributed by atoms with Gasteiger partial charge in [0.05, 0.1) is 18.0 Å². The average molecular weight is 566 g/mol. The zero-order valence-corrected chi connectivity index (χ0v) is 21.2. The van der Waals surface area contributed by atoms with Gasteiger partial charge < -0.3 is 15.5 Å². The number of nitrogens with one attached hydrogen (secondary N) is 2. The van der Waals surface area contributed by atoms with Crippen molar-refractivity contribution in [2.24, 2.45) is 4.99 Å². The number of anilines is 1. The minimum Gasteiger partial charge on any atom is -0.375 e. The van der Waals surface area contributed by atoms with Crippen molar-refractivity contribution in [1.82, 2.24) is 10.6 Å². The lowest BCUT2D eigenvalue weighted by Gasteiger charge is -2.15. The molecule has 172 valence electrons. The van der Waals surface area contributed by atoms with Gasteiger partial charge in [0, 0.05) is 33.4 Å². The Morgan fingerprint density at radius 2 is 1.77 bits per heavy atom. The molecule has 6 nitrogen and oxygen atoms in total. The lowest BCUT2D eigenvalue weighted by molar-refractivity contribution is 0.599. The van der Waals surface area contributed by atoms with Crippen LogP contribution < -0.4 is 15.5 Å². The van der Waals surface area contributed by atoms with Gasteiger partial charge >= 0.3 is 0 Å². The highest BCUT2D eigenvalue weighted by Gasteiger charge is 2.11. The Morgan fingerprint density at radius 3 is 2.35 bits per heavy atom. The van der Waals surface area contributed by atoms with E-state index in [4.69, 9.17) is 0 Å². The van der Waals surface area contributed by atoms with Crippen molar-refractivity contribution in [1.29, 1.82) is 0 Å². The van der Waals surface area contributed by atoms with Gasteiger partial charge in [-0.15, -0.1) is 24.0 Å². The fourth-order valence-electron chi connectivity index (χ4n) is 2.88. The third-order valence-electron chi connectivity index (χ3n) is 4.29. The van der Waals surface area contributed by atoms with Crippen LogP contribution in [0.5, 0.6) is 0 Å². The fourth-order valence-corrected chi connectivity index (χ4v) is 3.73. The van der Waals surface area contributed by atoms with Crippen LogP contribution in [-0.2, 0) is 28.7 Å². The predicted molar refractivity (Wildman–Crippen MR) is 133 cm³/mol. The van der Waals surface area contributed by atoms with Crippen molar-refractivity contribution < 1.29 is 17.2 Å². The van der Waals surface area contributed by atoms with E-state index in [1.807, 2.05) is 13.0 Å². The molecule has 2 aromatic carbocycles. The molecule has 2 N–H and O–H groups in total. The largest absolute Gasteiger partial charge is 0.375 e. The molecule has 0 bridgehead atoms. The van der Waals surface area contributed by atoms with E-state index in [0.717, 1.165) is 6.26 Å². The molecule has 0 aliphatic heterocycles. The standard InChI is InChI=1S/C21H28F2N4O2S.HI/c1-5-24-21(25-12-15-6-9-20(27(2)3)19(23)10-15)26-13-17-11-18(22)8-7-16(17)14-30(4,28)29;/h6-11H,5,12-14H2,1-4H3,(H2,24,25,26);1H. The van der Waals surface area contributed by atoms with Crippen LogP contribution in [0.25, 0.3) is 0 Å². The molecule has 31 heavy (non-hydrogen) atoms. The second-order valence-electron chi connectivity index (χ2n) is 7.21. The molecular formula is C21H29F2IN4O2S. The SMILES string of the molecule is CCNC(=NCc1ccc(N(C)C)c(F)c1)NCc1cc(F)ccc1CS(C)(=O)=O.I. The highest BCUT2D eigenvalue weighted by molar-refractivity contribution is 14.0. The number of halogens is 3. The smallest absolute Gasteiger partial charge is 0.191 e. The van der Waals surface area contributed by atoms with Crippen LogP contribution in [0.4, 0.5) is 14.5 Å². The number of hydrogen-bond donors (Lipinski definition) is 2.